The van der Waals surface area contributed by atoms with E-state index in [-0.39, 0.29) is 9.92 Å². The van der Waals surface area contributed by atoms with Crippen LogP contribution in [-0.4, -0.2) is 44.9 Å². The number of halogens is 2. The van der Waals surface area contributed by atoms with Gasteiger partial charge in [0.25, 0.3) is 0 Å². The van der Waals surface area contributed by atoms with Crippen molar-refractivity contribution in [3.63, 3.8) is 0 Å². The third kappa shape index (κ3) is 5.22. The van der Waals surface area contributed by atoms with Crippen molar-refractivity contribution in [2.45, 2.75) is 11.8 Å². The summed E-state index contributed by atoms with van der Waals surface area (Å²) in [6, 6.07) is 8.72. The Bertz CT molecular complexity index is 1050. The summed E-state index contributed by atoms with van der Waals surface area (Å²) in [6.07, 6.45) is 2.76. The molecule has 1 N–H and O–H groups in total. The highest BCUT2D eigenvalue weighted by molar-refractivity contribution is 7.89. The normalized spacial score (nSPS) is 15.6. The van der Waals surface area contributed by atoms with Crippen LogP contribution in [0.4, 0.5) is 10.1 Å². The Morgan fingerprint density at radius 1 is 1.21 bits per heavy atom. The van der Waals surface area contributed by atoms with Crippen molar-refractivity contribution in [3.05, 3.63) is 64.4 Å². The van der Waals surface area contributed by atoms with Crippen LogP contribution in [0.5, 0.6) is 0 Å². The maximum atomic E-state index is 13.2. The fraction of sp³-hybridized carbons (Fsp3) is 0.250. The number of carbonyl (C=O) groups is 1. The quantitative estimate of drug-likeness (QED) is 0.725. The van der Waals surface area contributed by atoms with Crippen molar-refractivity contribution in [3.8, 4) is 0 Å². The van der Waals surface area contributed by atoms with Gasteiger partial charge in [0.1, 0.15) is 5.82 Å². The number of rotatable bonds is 5. The van der Waals surface area contributed by atoms with Crippen molar-refractivity contribution in [1.82, 2.24) is 4.31 Å². The van der Waals surface area contributed by atoms with E-state index in [2.05, 4.69) is 5.32 Å². The van der Waals surface area contributed by atoms with Crippen LogP contribution in [0, 0.1) is 12.7 Å². The summed E-state index contributed by atoms with van der Waals surface area (Å²) in [6.45, 7) is 3.06. The van der Waals surface area contributed by atoms with E-state index in [9.17, 15) is 17.6 Å². The molecule has 0 atom stereocenters. The molecule has 1 amide bonds. The molecule has 0 radical (unpaired) electrons. The molecule has 1 aliphatic heterocycles. The first-order valence-corrected chi connectivity index (χ1v) is 10.7. The van der Waals surface area contributed by atoms with Gasteiger partial charge in [0.2, 0.25) is 15.9 Å². The van der Waals surface area contributed by atoms with Gasteiger partial charge in [-0.2, -0.15) is 4.31 Å². The van der Waals surface area contributed by atoms with Crippen LogP contribution in [0.2, 0.25) is 5.02 Å². The van der Waals surface area contributed by atoms with Crippen molar-refractivity contribution < 1.29 is 22.3 Å². The number of nitrogens with one attached hydrogen (secondary N) is 1. The van der Waals surface area contributed by atoms with E-state index in [1.807, 2.05) is 0 Å². The smallest absolute Gasteiger partial charge is 0.248 e. The Hall–Kier alpha value is -2.26. The molecule has 2 aromatic carbocycles. The van der Waals surface area contributed by atoms with Crippen LogP contribution in [-0.2, 0) is 19.6 Å². The molecule has 0 bridgehead atoms. The number of carbonyl (C=O) groups excluding carboxylic acids is 1. The second kappa shape index (κ2) is 9.04. The number of morpholine rings is 1. The highest BCUT2D eigenvalue weighted by Gasteiger charge is 2.26. The molecule has 1 saturated heterocycles. The third-order valence-electron chi connectivity index (χ3n) is 4.45. The number of nitrogens with zero attached hydrogens (tertiary/aromatic N) is 1. The van der Waals surface area contributed by atoms with Gasteiger partial charge in [-0.15, -0.1) is 0 Å². The molecule has 9 heteroatoms. The summed E-state index contributed by atoms with van der Waals surface area (Å²) in [5.74, 6) is -0.989. The lowest BCUT2D eigenvalue weighted by Gasteiger charge is -2.26. The summed E-state index contributed by atoms with van der Waals surface area (Å²) < 4.78 is 45.4. The minimum Gasteiger partial charge on any atom is -0.379 e. The summed E-state index contributed by atoms with van der Waals surface area (Å²) in [4.78, 5) is 12.4. The first kappa shape index (κ1) is 21.4. The average Bonchev–Trinajstić information content (AvgIpc) is 2.71. The molecular weight excluding hydrogens is 419 g/mol. The Morgan fingerprint density at radius 2 is 1.93 bits per heavy atom. The van der Waals surface area contributed by atoms with Gasteiger partial charge in [0.15, 0.2) is 0 Å². The maximum Gasteiger partial charge on any atom is 0.248 e. The van der Waals surface area contributed by atoms with E-state index in [4.69, 9.17) is 16.3 Å². The molecule has 29 heavy (non-hydrogen) atoms. The number of anilines is 1. The SMILES string of the molecule is Cc1ccc(S(=O)(=O)N2CCOCC2)cc1NC(=O)/C=C/c1ccc(F)c(Cl)c1. The molecule has 1 aliphatic rings. The molecule has 6 nitrogen and oxygen atoms in total. The average molecular weight is 439 g/mol. The molecular formula is C20H20ClFN2O4S. The zero-order valence-corrected chi connectivity index (χ0v) is 17.3. The summed E-state index contributed by atoms with van der Waals surface area (Å²) in [5, 5.41) is 2.64. The van der Waals surface area contributed by atoms with Gasteiger partial charge < -0.3 is 10.1 Å². The summed E-state index contributed by atoms with van der Waals surface area (Å²) >= 11 is 5.73. The lowest BCUT2D eigenvalue weighted by molar-refractivity contribution is -0.111. The molecule has 3 rings (SSSR count). The highest BCUT2D eigenvalue weighted by Crippen LogP contribution is 2.24. The summed E-state index contributed by atoms with van der Waals surface area (Å²) in [5.41, 5.74) is 1.68. The molecule has 1 heterocycles. The van der Waals surface area contributed by atoms with Crippen LogP contribution >= 0.6 is 11.6 Å². The molecule has 0 unspecified atom stereocenters. The minimum atomic E-state index is -3.67. The third-order valence-corrected chi connectivity index (χ3v) is 6.63. The minimum absolute atomic E-state index is 0.0376. The monoisotopic (exact) mass is 438 g/mol. The number of hydrogen-bond acceptors (Lipinski definition) is 4. The fourth-order valence-electron chi connectivity index (χ4n) is 2.79. The van der Waals surface area contributed by atoms with Crippen molar-refractivity contribution in [1.29, 1.82) is 0 Å². The van der Waals surface area contributed by atoms with Crippen LogP contribution in [0.15, 0.2) is 47.4 Å². The van der Waals surface area contributed by atoms with E-state index < -0.39 is 21.7 Å². The largest absolute Gasteiger partial charge is 0.379 e. The van der Waals surface area contributed by atoms with Gasteiger partial charge >= 0.3 is 0 Å². The van der Waals surface area contributed by atoms with Gasteiger partial charge in [0, 0.05) is 24.9 Å². The number of aryl methyl sites for hydroxylation is 1. The van der Waals surface area contributed by atoms with Gasteiger partial charge in [-0.05, 0) is 48.4 Å². The second-order valence-corrected chi connectivity index (χ2v) is 8.83. The van der Waals surface area contributed by atoms with E-state index in [1.54, 1.807) is 13.0 Å². The topological polar surface area (TPSA) is 75.7 Å². The highest BCUT2D eigenvalue weighted by atomic mass is 35.5. The van der Waals surface area contributed by atoms with E-state index in [0.29, 0.717) is 37.6 Å². The van der Waals surface area contributed by atoms with Crippen molar-refractivity contribution >= 4 is 39.3 Å². The maximum absolute atomic E-state index is 13.2. The van der Waals surface area contributed by atoms with Crippen LogP contribution in [0.25, 0.3) is 6.08 Å². The molecule has 0 spiro atoms. The number of hydrogen-bond donors (Lipinski definition) is 1. The Balaban J connectivity index is 1.76. The number of benzene rings is 2. The van der Waals surface area contributed by atoms with Gasteiger partial charge in [-0.3, -0.25) is 4.79 Å². The first-order valence-electron chi connectivity index (χ1n) is 8.90. The summed E-state index contributed by atoms with van der Waals surface area (Å²) in [7, 11) is -3.67. The molecule has 0 aromatic heterocycles. The molecule has 0 aliphatic carbocycles. The lowest BCUT2D eigenvalue weighted by atomic mass is 10.2. The van der Waals surface area contributed by atoms with E-state index >= 15 is 0 Å². The Labute approximate surface area is 174 Å². The number of ether oxygens (including phenoxy) is 1. The van der Waals surface area contributed by atoms with Crippen molar-refractivity contribution in [2.24, 2.45) is 0 Å². The van der Waals surface area contributed by atoms with E-state index in [0.717, 1.165) is 5.56 Å². The zero-order valence-electron chi connectivity index (χ0n) is 15.7. The molecule has 154 valence electrons. The predicted molar refractivity (Wildman–Crippen MR) is 110 cm³/mol. The van der Waals surface area contributed by atoms with Crippen LogP contribution < -0.4 is 5.32 Å². The van der Waals surface area contributed by atoms with Crippen molar-refractivity contribution in [2.75, 3.05) is 31.6 Å². The Morgan fingerprint density at radius 3 is 2.62 bits per heavy atom. The van der Waals surface area contributed by atoms with Gasteiger partial charge in [-0.25, -0.2) is 12.8 Å². The molecule has 1 fully saturated rings. The number of sulfonamides is 1. The lowest BCUT2D eigenvalue weighted by Crippen LogP contribution is -2.40. The van der Waals surface area contributed by atoms with Gasteiger partial charge in [-0.1, -0.05) is 23.7 Å². The van der Waals surface area contributed by atoms with Gasteiger partial charge in [0.05, 0.1) is 23.1 Å². The molecule has 2 aromatic rings. The first-order chi connectivity index (χ1) is 13.8. The second-order valence-electron chi connectivity index (χ2n) is 6.49. The van der Waals surface area contributed by atoms with Crippen LogP contribution in [0.1, 0.15) is 11.1 Å². The van der Waals surface area contributed by atoms with Crippen LogP contribution in [0.3, 0.4) is 0 Å². The number of amides is 1. The van der Waals surface area contributed by atoms with E-state index in [1.165, 1.54) is 46.8 Å². The standard InChI is InChI=1S/C20H20ClFN2O4S/c1-14-2-5-16(29(26,27)24-8-10-28-11-9-24)13-19(14)23-20(25)7-4-15-3-6-18(22)17(21)12-15/h2-7,12-13H,8-11H2,1H3,(H,23,25)/b7-4+. The molecule has 0 saturated carbocycles. The predicted octanol–water partition coefficient (Wildman–Crippen LogP) is 3.46. The zero-order chi connectivity index (χ0) is 21.0. The Kier molecular flexibility index (Phi) is 6.69. The fourth-order valence-corrected chi connectivity index (χ4v) is 4.42.